The second-order valence-electron chi connectivity index (χ2n) is 4.68. The quantitative estimate of drug-likeness (QED) is 0.685. The SMILES string of the molecule is CCNC(C)(CC(=O)OC)C1(C)CC1. The zero-order chi connectivity index (χ0) is 10.8. The highest BCUT2D eigenvalue weighted by atomic mass is 16.5. The molecule has 1 unspecified atom stereocenters. The summed E-state index contributed by atoms with van der Waals surface area (Å²) in [5.74, 6) is -0.124. The maximum atomic E-state index is 11.3. The van der Waals surface area contributed by atoms with Crippen molar-refractivity contribution in [1.29, 1.82) is 0 Å². The topological polar surface area (TPSA) is 38.3 Å². The lowest BCUT2D eigenvalue weighted by Gasteiger charge is -2.36. The van der Waals surface area contributed by atoms with Gasteiger partial charge in [-0.05, 0) is 31.7 Å². The number of carbonyl (C=O) groups excluding carboxylic acids is 1. The number of ether oxygens (including phenoxy) is 1. The molecule has 1 atom stereocenters. The van der Waals surface area contributed by atoms with E-state index in [4.69, 9.17) is 4.74 Å². The maximum Gasteiger partial charge on any atom is 0.307 e. The van der Waals surface area contributed by atoms with Gasteiger partial charge in [-0.2, -0.15) is 0 Å². The minimum Gasteiger partial charge on any atom is -0.469 e. The number of rotatable bonds is 5. The fourth-order valence-electron chi connectivity index (χ4n) is 1.98. The molecule has 1 aliphatic rings. The van der Waals surface area contributed by atoms with Crippen molar-refractivity contribution in [3.8, 4) is 0 Å². The number of methoxy groups -OCH3 is 1. The third-order valence-electron chi connectivity index (χ3n) is 3.62. The molecule has 0 spiro atoms. The molecule has 0 bridgehead atoms. The van der Waals surface area contributed by atoms with E-state index >= 15 is 0 Å². The van der Waals surface area contributed by atoms with Crippen LogP contribution in [0.2, 0.25) is 0 Å². The summed E-state index contributed by atoms with van der Waals surface area (Å²) in [5, 5.41) is 3.43. The molecule has 3 nitrogen and oxygen atoms in total. The summed E-state index contributed by atoms with van der Waals surface area (Å²) in [6, 6.07) is 0. The van der Waals surface area contributed by atoms with Gasteiger partial charge in [-0.15, -0.1) is 0 Å². The van der Waals surface area contributed by atoms with E-state index < -0.39 is 0 Å². The lowest BCUT2D eigenvalue weighted by atomic mass is 9.81. The molecule has 1 N–H and O–H groups in total. The summed E-state index contributed by atoms with van der Waals surface area (Å²) < 4.78 is 4.74. The first-order valence-electron chi connectivity index (χ1n) is 5.29. The third-order valence-corrected chi connectivity index (χ3v) is 3.62. The molecule has 82 valence electrons. The molecular formula is C11H21NO2. The predicted octanol–water partition coefficient (Wildman–Crippen LogP) is 1.72. The van der Waals surface area contributed by atoms with Crippen LogP contribution in [0.3, 0.4) is 0 Å². The van der Waals surface area contributed by atoms with Gasteiger partial charge in [-0.1, -0.05) is 13.8 Å². The standard InChI is InChI=1S/C11H21NO2/c1-5-12-11(3,8-9(13)14-4)10(2)6-7-10/h12H,5-8H2,1-4H3. The Kier molecular flexibility index (Phi) is 3.20. The van der Waals surface area contributed by atoms with E-state index in [0.29, 0.717) is 6.42 Å². The van der Waals surface area contributed by atoms with Crippen LogP contribution in [0.5, 0.6) is 0 Å². The van der Waals surface area contributed by atoms with Gasteiger partial charge < -0.3 is 10.1 Å². The van der Waals surface area contributed by atoms with Crippen LogP contribution in [0, 0.1) is 5.41 Å². The Balaban J connectivity index is 2.66. The van der Waals surface area contributed by atoms with Crippen LogP contribution >= 0.6 is 0 Å². The van der Waals surface area contributed by atoms with Gasteiger partial charge >= 0.3 is 5.97 Å². The molecule has 0 saturated heterocycles. The number of esters is 1. The summed E-state index contributed by atoms with van der Waals surface area (Å²) in [4.78, 5) is 11.3. The molecule has 0 aromatic heterocycles. The number of nitrogens with one attached hydrogen (secondary N) is 1. The monoisotopic (exact) mass is 199 g/mol. The molecule has 1 aliphatic carbocycles. The lowest BCUT2D eigenvalue weighted by molar-refractivity contribution is -0.143. The van der Waals surface area contributed by atoms with Crippen molar-refractivity contribution >= 4 is 5.97 Å². The van der Waals surface area contributed by atoms with Crippen molar-refractivity contribution in [3.63, 3.8) is 0 Å². The molecule has 0 heterocycles. The van der Waals surface area contributed by atoms with Gasteiger partial charge in [0, 0.05) is 5.54 Å². The van der Waals surface area contributed by atoms with Crippen LogP contribution in [0.25, 0.3) is 0 Å². The second kappa shape index (κ2) is 3.89. The van der Waals surface area contributed by atoms with E-state index in [9.17, 15) is 4.79 Å². The molecule has 0 aliphatic heterocycles. The van der Waals surface area contributed by atoms with Crippen molar-refractivity contribution < 1.29 is 9.53 Å². The average Bonchev–Trinajstić information content (AvgIpc) is 2.85. The summed E-state index contributed by atoms with van der Waals surface area (Å²) in [6.45, 7) is 7.32. The van der Waals surface area contributed by atoms with Gasteiger partial charge in [0.25, 0.3) is 0 Å². The molecule has 1 rings (SSSR count). The zero-order valence-electron chi connectivity index (χ0n) is 9.64. The first kappa shape index (κ1) is 11.5. The highest BCUT2D eigenvalue weighted by Crippen LogP contribution is 2.54. The lowest BCUT2D eigenvalue weighted by Crippen LogP contribution is -2.50. The van der Waals surface area contributed by atoms with Gasteiger partial charge in [0.05, 0.1) is 13.5 Å². The first-order chi connectivity index (χ1) is 6.47. The molecule has 1 saturated carbocycles. The third kappa shape index (κ3) is 2.08. The second-order valence-corrected chi connectivity index (χ2v) is 4.68. The molecule has 14 heavy (non-hydrogen) atoms. The summed E-state index contributed by atoms with van der Waals surface area (Å²) >= 11 is 0. The molecule has 0 aromatic rings. The van der Waals surface area contributed by atoms with E-state index in [1.807, 2.05) is 0 Å². The fourth-order valence-corrected chi connectivity index (χ4v) is 1.98. The van der Waals surface area contributed by atoms with Crippen LogP contribution in [0.15, 0.2) is 0 Å². The fraction of sp³-hybridized carbons (Fsp3) is 0.909. The van der Waals surface area contributed by atoms with Gasteiger partial charge in [0.15, 0.2) is 0 Å². The molecule has 0 amide bonds. The predicted molar refractivity (Wildman–Crippen MR) is 56.1 cm³/mol. The van der Waals surface area contributed by atoms with E-state index in [1.165, 1.54) is 20.0 Å². The summed E-state index contributed by atoms with van der Waals surface area (Å²) in [6.07, 6.45) is 2.87. The zero-order valence-corrected chi connectivity index (χ0v) is 9.64. The highest BCUT2D eigenvalue weighted by molar-refractivity contribution is 5.71. The van der Waals surface area contributed by atoms with Crippen LogP contribution < -0.4 is 5.32 Å². The van der Waals surface area contributed by atoms with Crippen LogP contribution in [-0.4, -0.2) is 25.2 Å². The minimum absolute atomic E-state index is 0.102. The first-order valence-corrected chi connectivity index (χ1v) is 5.29. The smallest absolute Gasteiger partial charge is 0.307 e. The average molecular weight is 199 g/mol. The minimum atomic E-state index is -0.124. The van der Waals surface area contributed by atoms with E-state index in [2.05, 4.69) is 26.1 Å². The van der Waals surface area contributed by atoms with Crippen molar-refractivity contribution in [3.05, 3.63) is 0 Å². The largest absolute Gasteiger partial charge is 0.469 e. The Hall–Kier alpha value is -0.570. The van der Waals surface area contributed by atoms with E-state index in [0.717, 1.165) is 6.54 Å². The molecular weight excluding hydrogens is 178 g/mol. The van der Waals surface area contributed by atoms with Gasteiger partial charge in [-0.25, -0.2) is 0 Å². The normalized spacial score (nSPS) is 22.6. The number of hydrogen-bond acceptors (Lipinski definition) is 3. The van der Waals surface area contributed by atoms with Crippen molar-refractivity contribution in [1.82, 2.24) is 5.32 Å². The Morgan fingerprint density at radius 3 is 2.50 bits per heavy atom. The molecule has 3 heteroatoms. The highest BCUT2D eigenvalue weighted by Gasteiger charge is 2.53. The van der Waals surface area contributed by atoms with Crippen LogP contribution in [0.4, 0.5) is 0 Å². The number of hydrogen-bond donors (Lipinski definition) is 1. The summed E-state index contributed by atoms with van der Waals surface area (Å²) in [7, 11) is 1.45. The molecule has 0 aromatic carbocycles. The van der Waals surface area contributed by atoms with Crippen LogP contribution in [-0.2, 0) is 9.53 Å². The Morgan fingerprint density at radius 2 is 2.14 bits per heavy atom. The molecule has 0 radical (unpaired) electrons. The van der Waals surface area contributed by atoms with Crippen molar-refractivity contribution in [2.45, 2.75) is 45.6 Å². The van der Waals surface area contributed by atoms with Crippen molar-refractivity contribution in [2.24, 2.45) is 5.41 Å². The summed E-state index contributed by atoms with van der Waals surface area (Å²) in [5.41, 5.74) is 0.173. The van der Waals surface area contributed by atoms with E-state index in [-0.39, 0.29) is 16.9 Å². The van der Waals surface area contributed by atoms with Crippen molar-refractivity contribution in [2.75, 3.05) is 13.7 Å². The van der Waals surface area contributed by atoms with Gasteiger partial charge in [0.2, 0.25) is 0 Å². The Bertz CT molecular complexity index is 223. The Morgan fingerprint density at radius 1 is 1.57 bits per heavy atom. The number of carbonyl (C=O) groups is 1. The van der Waals surface area contributed by atoms with Gasteiger partial charge in [0.1, 0.15) is 0 Å². The Labute approximate surface area is 86.2 Å². The van der Waals surface area contributed by atoms with E-state index in [1.54, 1.807) is 0 Å². The van der Waals surface area contributed by atoms with Gasteiger partial charge in [-0.3, -0.25) is 4.79 Å². The maximum absolute atomic E-state index is 11.3. The molecule has 1 fully saturated rings. The van der Waals surface area contributed by atoms with Crippen LogP contribution in [0.1, 0.15) is 40.0 Å².